The molecule has 0 saturated carbocycles. The maximum atomic E-state index is 12.1. The van der Waals surface area contributed by atoms with Crippen molar-refractivity contribution in [1.82, 2.24) is 20.1 Å². The molecule has 1 unspecified atom stereocenters. The number of hydrogen-bond acceptors (Lipinski definition) is 5. The smallest absolute Gasteiger partial charge is 0.410 e. The largest absolute Gasteiger partial charge is 0.444 e. The fourth-order valence-corrected chi connectivity index (χ4v) is 2.17. The second-order valence-electron chi connectivity index (χ2n) is 6.09. The van der Waals surface area contributed by atoms with Crippen molar-refractivity contribution >= 4 is 17.9 Å². The molecule has 1 aromatic heterocycles. The summed E-state index contributed by atoms with van der Waals surface area (Å²) in [6, 6.07) is 0. The monoisotopic (exact) mass is 295 g/mol. The van der Waals surface area contributed by atoms with Crippen LogP contribution in [0.15, 0.2) is 6.33 Å². The van der Waals surface area contributed by atoms with Crippen molar-refractivity contribution < 1.29 is 14.3 Å². The van der Waals surface area contributed by atoms with Gasteiger partial charge in [0.25, 0.3) is 0 Å². The molecule has 2 N–H and O–H groups in total. The number of aromatic nitrogens is 3. The third-order valence-electron chi connectivity index (χ3n) is 3.10. The first-order valence-electron chi connectivity index (χ1n) is 6.99. The maximum absolute atomic E-state index is 12.1. The van der Waals surface area contributed by atoms with E-state index < -0.39 is 5.60 Å². The molecule has 1 atom stereocenters. The number of hydrogen-bond donors (Lipinski definition) is 2. The van der Waals surface area contributed by atoms with E-state index >= 15 is 0 Å². The van der Waals surface area contributed by atoms with Gasteiger partial charge in [-0.25, -0.2) is 9.89 Å². The maximum Gasteiger partial charge on any atom is 0.410 e. The van der Waals surface area contributed by atoms with Gasteiger partial charge in [0.2, 0.25) is 11.9 Å². The van der Waals surface area contributed by atoms with Crippen molar-refractivity contribution in [2.24, 2.45) is 5.92 Å². The van der Waals surface area contributed by atoms with E-state index in [0.717, 1.165) is 12.8 Å². The summed E-state index contributed by atoms with van der Waals surface area (Å²) < 4.78 is 5.34. The van der Waals surface area contributed by atoms with Crippen molar-refractivity contribution in [2.75, 3.05) is 18.4 Å². The predicted octanol–water partition coefficient (Wildman–Crippen LogP) is 1.39. The highest BCUT2D eigenvalue weighted by atomic mass is 16.6. The number of likely N-dealkylation sites (tertiary alicyclic amines) is 1. The summed E-state index contributed by atoms with van der Waals surface area (Å²) >= 11 is 0. The zero-order valence-corrected chi connectivity index (χ0v) is 12.5. The van der Waals surface area contributed by atoms with Gasteiger partial charge in [-0.3, -0.25) is 10.1 Å². The number of rotatable bonds is 2. The molecule has 0 bridgehead atoms. The summed E-state index contributed by atoms with van der Waals surface area (Å²) in [5, 5.41) is 8.89. The second-order valence-corrected chi connectivity index (χ2v) is 6.09. The lowest BCUT2D eigenvalue weighted by Crippen LogP contribution is -2.45. The van der Waals surface area contributed by atoms with Crippen LogP contribution in [0.5, 0.6) is 0 Å². The molecule has 0 radical (unpaired) electrons. The standard InChI is InChI=1S/C13H21N5O3/c1-13(2,3)21-12(20)18-6-4-5-9(7-18)10(19)16-11-14-8-15-17-11/h8-9H,4-7H2,1-3H3,(H2,14,15,16,17,19). The van der Waals surface area contributed by atoms with Crippen LogP contribution in [0.2, 0.25) is 0 Å². The Kier molecular flexibility index (Phi) is 4.44. The summed E-state index contributed by atoms with van der Waals surface area (Å²) in [4.78, 5) is 29.6. The van der Waals surface area contributed by atoms with Gasteiger partial charge in [-0.05, 0) is 33.6 Å². The van der Waals surface area contributed by atoms with E-state index in [1.807, 2.05) is 20.8 Å². The number of anilines is 1. The van der Waals surface area contributed by atoms with Crippen LogP contribution in [-0.4, -0.2) is 50.8 Å². The first-order valence-corrected chi connectivity index (χ1v) is 6.99. The fourth-order valence-electron chi connectivity index (χ4n) is 2.17. The van der Waals surface area contributed by atoms with Crippen LogP contribution in [0, 0.1) is 5.92 Å². The number of aromatic amines is 1. The molecule has 1 aliphatic rings. The zero-order valence-electron chi connectivity index (χ0n) is 12.5. The van der Waals surface area contributed by atoms with Gasteiger partial charge >= 0.3 is 6.09 Å². The molecule has 2 heterocycles. The topological polar surface area (TPSA) is 100 Å². The third-order valence-corrected chi connectivity index (χ3v) is 3.10. The van der Waals surface area contributed by atoms with E-state index in [1.165, 1.54) is 6.33 Å². The van der Waals surface area contributed by atoms with Crippen LogP contribution in [-0.2, 0) is 9.53 Å². The molecule has 0 aromatic carbocycles. The van der Waals surface area contributed by atoms with E-state index in [0.29, 0.717) is 19.0 Å². The summed E-state index contributed by atoms with van der Waals surface area (Å²) in [5.74, 6) is -0.120. The minimum absolute atomic E-state index is 0.167. The summed E-state index contributed by atoms with van der Waals surface area (Å²) in [5.41, 5.74) is -0.536. The Morgan fingerprint density at radius 1 is 1.48 bits per heavy atom. The molecule has 8 heteroatoms. The van der Waals surface area contributed by atoms with Crippen LogP contribution < -0.4 is 5.32 Å². The molecule has 2 amide bonds. The minimum atomic E-state index is -0.536. The van der Waals surface area contributed by atoms with Crippen LogP contribution >= 0.6 is 0 Å². The first-order chi connectivity index (χ1) is 9.85. The average Bonchev–Trinajstić information content (AvgIpc) is 2.90. The average molecular weight is 295 g/mol. The summed E-state index contributed by atoms with van der Waals surface area (Å²) in [6.07, 6.45) is 2.45. The van der Waals surface area contributed by atoms with Gasteiger partial charge in [0, 0.05) is 13.1 Å². The van der Waals surface area contributed by atoms with E-state index in [9.17, 15) is 9.59 Å². The van der Waals surface area contributed by atoms with Crippen LogP contribution in [0.25, 0.3) is 0 Å². The lowest BCUT2D eigenvalue weighted by Gasteiger charge is -2.33. The lowest BCUT2D eigenvalue weighted by atomic mass is 9.97. The predicted molar refractivity (Wildman–Crippen MR) is 75.5 cm³/mol. The van der Waals surface area contributed by atoms with E-state index in [1.54, 1.807) is 4.90 Å². The molecule has 1 aromatic rings. The summed E-state index contributed by atoms with van der Waals surface area (Å²) in [7, 11) is 0. The molecule has 21 heavy (non-hydrogen) atoms. The van der Waals surface area contributed by atoms with E-state index in [2.05, 4.69) is 20.5 Å². The highest BCUT2D eigenvalue weighted by Crippen LogP contribution is 2.20. The Morgan fingerprint density at radius 2 is 2.24 bits per heavy atom. The Morgan fingerprint density at radius 3 is 2.86 bits per heavy atom. The lowest BCUT2D eigenvalue weighted by molar-refractivity contribution is -0.121. The quantitative estimate of drug-likeness (QED) is 0.858. The zero-order chi connectivity index (χ0) is 15.5. The first kappa shape index (κ1) is 15.3. The van der Waals surface area contributed by atoms with Gasteiger partial charge in [0.1, 0.15) is 11.9 Å². The molecular weight excluding hydrogens is 274 g/mol. The van der Waals surface area contributed by atoms with Crippen molar-refractivity contribution in [2.45, 2.75) is 39.2 Å². The van der Waals surface area contributed by atoms with Crippen molar-refractivity contribution in [3.8, 4) is 0 Å². The van der Waals surface area contributed by atoms with E-state index in [4.69, 9.17) is 4.74 Å². The Hall–Kier alpha value is -2.12. The normalized spacial score (nSPS) is 19.2. The number of nitrogens with one attached hydrogen (secondary N) is 2. The molecule has 1 aliphatic heterocycles. The SMILES string of the molecule is CC(C)(C)OC(=O)N1CCCC(C(=O)Nc2ncn[nH]2)C1. The third kappa shape index (κ3) is 4.44. The fraction of sp³-hybridized carbons (Fsp3) is 0.692. The highest BCUT2D eigenvalue weighted by Gasteiger charge is 2.31. The summed E-state index contributed by atoms with van der Waals surface area (Å²) in [6.45, 7) is 6.44. The number of ether oxygens (including phenoxy) is 1. The Balaban J connectivity index is 1.91. The molecule has 1 fully saturated rings. The molecule has 1 saturated heterocycles. The second kappa shape index (κ2) is 6.11. The molecule has 0 spiro atoms. The van der Waals surface area contributed by atoms with E-state index in [-0.39, 0.29) is 17.9 Å². The van der Waals surface area contributed by atoms with Gasteiger partial charge in [-0.15, -0.1) is 0 Å². The van der Waals surface area contributed by atoms with Crippen molar-refractivity contribution in [3.63, 3.8) is 0 Å². The number of nitrogens with zero attached hydrogens (tertiary/aromatic N) is 3. The number of carbonyl (C=O) groups is 2. The van der Waals surface area contributed by atoms with Gasteiger partial charge < -0.3 is 9.64 Å². The molecular formula is C13H21N5O3. The number of amides is 2. The molecule has 2 rings (SSSR count). The number of piperidine rings is 1. The Labute approximate surface area is 123 Å². The molecule has 0 aliphatic carbocycles. The van der Waals surface area contributed by atoms with Gasteiger partial charge in [-0.1, -0.05) is 0 Å². The number of H-pyrrole nitrogens is 1. The van der Waals surface area contributed by atoms with Crippen molar-refractivity contribution in [1.29, 1.82) is 0 Å². The van der Waals surface area contributed by atoms with Gasteiger partial charge in [0.15, 0.2) is 0 Å². The van der Waals surface area contributed by atoms with Crippen molar-refractivity contribution in [3.05, 3.63) is 6.33 Å². The Bertz CT molecular complexity index is 494. The molecule has 8 nitrogen and oxygen atoms in total. The van der Waals surface area contributed by atoms with Crippen LogP contribution in [0.3, 0.4) is 0 Å². The van der Waals surface area contributed by atoms with Crippen LogP contribution in [0.1, 0.15) is 33.6 Å². The number of carbonyl (C=O) groups excluding carboxylic acids is 2. The van der Waals surface area contributed by atoms with Crippen LogP contribution in [0.4, 0.5) is 10.7 Å². The highest BCUT2D eigenvalue weighted by molar-refractivity contribution is 5.91. The van der Waals surface area contributed by atoms with Gasteiger partial charge in [-0.2, -0.15) is 10.1 Å². The molecule has 116 valence electrons. The minimum Gasteiger partial charge on any atom is -0.444 e. The van der Waals surface area contributed by atoms with Gasteiger partial charge in [0.05, 0.1) is 5.92 Å².